The predicted molar refractivity (Wildman–Crippen MR) is 103 cm³/mol. The molecular weight excluding hydrogens is 356 g/mol. The summed E-state index contributed by atoms with van der Waals surface area (Å²) in [6.07, 6.45) is 9.66. The fourth-order valence-corrected chi connectivity index (χ4v) is 6.95. The minimum absolute atomic E-state index is 0.0544. The van der Waals surface area contributed by atoms with Gasteiger partial charge in [0.1, 0.15) is 11.9 Å². The number of rotatable bonds is 4. The molecule has 5 heteroatoms. The van der Waals surface area contributed by atoms with Crippen LogP contribution in [0.1, 0.15) is 78.1 Å². The van der Waals surface area contributed by atoms with Crippen molar-refractivity contribution in [3.05, 3.63) is 11.6 Å². The van der Waals surface area contributed by atoms with E-state index in [0.29, 0.717) is 23.5 Å². The summed E-state index contributed by atoms with van der Waals surface area (Å²) in [6, 6.07) is 0. The number of esters is 1. The Morgan fingerprint density at radius 3 is 2.57 bits per heavy atom. The third kappa shape index (κ3) is 3.11. The van der Waals surface area contributed by atoms with Crippen LogP contribution in [0, 0.1) is 28.6 Å². The summed E-state index contributed by atoms with van der Waals surface area (Å²) in [6.45, 7) is 4.59. The molecular formula is C23H32O5. The Morgan fingerprint density at radius 2 is 1.82 bits per heavy atom. The van der Waals surface area contributed by atoms with Crippen LogP contribution in [0.2, 0.25) is 0 Å². The van der Waals surface area contributed by atoms with Gasteiger partial charge >= 0.3 is 11.9 Å². The zero-order chi connectivity index (χ0) is 20.1. The zero-order valence-electron chi connectivity index (χ0n) is 17.0. The Labute approximate surface area is 166 Å². The summed E-state index contributed by atoms with van der Waals surface area (Å²) >= 11 is 0. The molecule has 154 valence electrons. The van der Waals surface area contributed by atoms with Gasteiger partial charge in [0.2, 0.25) is 0 Å². The average molecular weight is 389 g/mol. The molecule has 0 aromatic carbocycles. The quantitative estimate of drug-likeness (QED) is 0.574. The van der Waals surface area contributed by atoms with E-state index in [1.54, 1.807) is 0 Å². The van der Waals surface area contributed by atoms with Crippen LogP contribution >= 0.6 is 0 Å². The number of ether oxygens (including phenoxy) is 1. The van der Waals surface area contributed by atoms with Crippen molar-refractivity contribution in [2.24, 2.45) is 28.6 Å². The molecule has 0 heterocycles. The van der Waals surface area contributed by atoms with E-state index in [-0.39, 0.29) is 29.8 Å². The first-order valence-corrected chi connectivity index (χ1v) is 10.9. The standard InChI is InChI=1S/C23H32O5/c1-22-11-9-15(28-21(27)8-7-20(25)26)13-14(22)3-4-16-17-5-6-19(24)23(17,2)12-10-18(16)22/h3,15-18H,4-13H2,1-2H3,(H,25,26)/t15-,16+,17+,18+,22+,23+/m1/s1. The van der Waals surface area contributed by atoms with Gasteiger partial charge in [0.25, 0.3) is 0 Å². The SMILES string of the molecule is C[C@]12CC[C@@H](OC(=O)CCC(=O)O)CC1=CC[C@@H]1[C@@H]2CC[C@]2(C)C(=O)CC[C@@H]12. The number of ketones is 1. The summed E-state index contributed by atoms with van der Waals surface area (Å²) in [5.41, 5.74) is 1.48. The van der Waals surface area contributed by atoms with E-state index in [1.165, 1.54) is 5.57 Å². The lowest BCUT2D eigenvalue weighted by molar-refractivity contribution is -0.154. The molecule has 0 unspecified atom stereocenters. The van der Waals surface area contributed by atoms with Gasteiger partial charge in [0, 0.05) is 18.3 Å². The van der Waals surface area contributed by atoms with E-state index >= 15 is 0 Å². The maximum absolute atomic E-state index is 12.5. The third-order valence-corrected chi connectivity index (χ3v) is 8.61. The van der Waals surface area contributed by atoms with E-state index in [2.05, 4.69) is 19.9 Å². The molecule has 5 nitrogen and oxygen atoms in total. The number of aliphatic carboxylic acids is 1. The van der Waals surface area contributed by atoms with E-state index < -0.39 is 11.9 Å². The second kappa shape index (κ2) is 7.00. The highest BCUT2D eigenvalue weighted by Crippen LogP contribution is 2.64. The molecule has 3 fully saturated rings. The minimum Gasteiger partial charge on any atom is -0.481 e. The van der Waals surface area contributed by atoms with Crippen LogP contribution in [0.3, 0.4) is 0 Å². The van der Waals surface area contributed by atoms with Crippen LogP contribution in [0.5, 0.6) is 0 Å². The summed E-state index contributed by atoms with van der Waals surface area (Å²) < 4.78 is 5.58. The molecule has 4 rings (SSSR count). The molecule has 1 N–H and O–H groups in total. The molecule has 0 saturated heterocycles. The first-order valence-electron chi connectivity index (χ1n) is 10.9. The lowest BCUT2D eigenvalue weighted by atomic mass is 9.48. The molecule has 0 amide bonds. The number of hydrogen-bond donors (Lipinski definition) is 1. The Bertz CT molecular complexity index is 725. The molecule has 3 saturated carbocycles. The van der Waals surface area contributed by atoms with Crippen molar-refractivity contribution in [2.75, 3.05) is 0 Å². The highest BCUT2D eigenvalue weighted by atomic mass is 16.5. The van der Waals surface area contributed by atoms with Crippen molar-refractivity contribution in [3.63, 3.8) is 0 Å². The fourth-order valence-electron chi connectivity index (χ4n) is 6.95. The van der Waals surface area contributed by atoms with E-state index in [4.69, 9.17) is 9.84 Å². The first-order chi connectivity index (χ1) is 13.2. The molecule has 0 aromatic heterocycles. The lowest BCUT2D eigenvalue weighted by Gasteiger charge is -2.56. The second-order valence-electron chi connectivity index (χ2n) is 9.93. The normalized spacial score (nSPS) is 42.1. The first kappa shape index (κ1) is 19.7. The number of hydrogen-bond acceptors (Lipinski definition) is 4. The highest BCUT2D eigenvalue weighted by molar-refractivity contribution is 5.87. The zero-order valence-corrected chi connectivity index (χ0v) is 17.0. The summed E-state index contributed by atoms with van der Waals surface area (Å²) in [5, 5.41) is 8.73. The van der Waals surface area contributed by atoms with Gasteiger partial charge < -0.3 is 9.84 Å². The van der Waals surface area contributed by atoms with Gasteiger partial charge in [-0.1, -0.05) is 25.5 Å². The van der Waals surface area contributed by atoms with Crippen molar-refractivity contribution in [1.82, 2.24) is 0 Å². The largest absolute Gasteiger partial charge is 0.481 e. The summed E-state index contributed by atoms with van der Waals surface area (Å²) in [4.78, 5) is 35.1. The third-order valence-electron chi connectivity index (χ3n) is 8.61. The Hall–Kier alpha value is -1.65. The van der Waals surface area contributed by atoms with Crippen LogP contribution in [0.25, 0.3) is 0 Å². The molecule has 4 aliphatic rings. The van der Waals surface area contributed by atoms with Crippen molar-refractivity contribution >= 4 is 17.7 Å². The summed E-state index contributed by atoms with van der Waals surface area (Å²) in [5.74, 6) is 0.869. The van der Waals surface area contributed by atoms with Crippen molar-refractivity contribution in [3.8, 4) is 0 Å². The van der Waals surface area contributed by atoms with Gasteiger partial charge in [-0.05, 0) is 61.7 Å². The Morgan fingerprint density at radius 1 is 1.11 bits per heavy atom. The number of carbonyl (C=O) groups excluding carboxylic acids is 2. The van der Waals surface area contributed by atoms with E-state index in [9.17, 15) is 14.4 Å². The van der Waals surface area contributed by atoms with Gasteiger partial charge in [-0.15, -0.1) is 0 Å². The van der Waals surface area contributed by atoms with Gasteiger partial charge in [0.15, 0.2) is 0 Å². The van der Waals surface area contributed by atoms with Crippen LogP contribution in [-0.4, -0.2) is 28.9 Å². The predicted octanol–water partition coefficient (Wildman–Crippen LogP) is 4.29. The minimum atomic E-state index is -0.969. The monoisotopic (exact) mass is 388 g/mol. The maximum Gasteiger partial charge on any atom is 0.306 e. The second-order valence-corrected chi connectivity index (χ2v) is 9.93. The van der Waals surface area contributed by atoms with Crippen molar-refractivity contribution in [1.29, 1.82) is 0 Å². The Kier molecular flexibility index (Phi) is 4.91. The number of Topliss-reactive ketones (excluding diaryl/α,β-unsaturated/α-hetero) is 1. The van der Waals surface area contributed by atoms with Crippen molar-refractivity contribution < 1.29 is 24.2 Å². The molecule has 0 aromatic rings. The maximum atomic E-state index is 12.5. The Balaban J connectivity index is 1.46. The average Bonchev–Trinajstić information content (AvgIpc) is 2.95. The molecule has 0 radical (unpaired) electrons. The van der Waals surface area contributed by atoms with Gasteiger partial charge in [-0.3, -0.25) is 14.4 Å². The number of allylic oxidation sites excluding steroid dienone is 1. The lowest BCUT2D eigenvalue weighted by Crippen LogP contribution is -2.50. The molecule has 4 aliphatic carbocycles. The molecule has 0 aliphatic heterocycles. The van der Waals surface area contributed by atoms with E-state index in [0.717, 1.165) is 51.4 Å². The number of fused-ring (bicyclic) bond motifs is 5. The van der Waals surface area contributed by atoms with Crippen LogP contribution < -0.4 is 0 Å². The highest BCUT2D eigenvalue weighted by Gasteiger charge is 2.58. The topological polar surface area (TPSA) is 80.7 Å². The van der Waals surface area contributed by atoms with Crippen LogP contribution in [-0.2, 0) is 19.1 Å². The van der Waals surface area contributed by atoms with Gasteiger partial charge in [-0.2, -0.15) is 0 Å². The number of carboxylic acid groups (broad SMARTS) is 1. The molecule has 0 spiro atoms. The molecule has 0 bridgehead atoms. The molecule has 28 heavy (non-hydrogen) atoms. The van der Waals surface area contributed by atoms with Crippen LogP contribution in [0.4, 0.5) is 0 Å². The van der Waals surface area contributed by atoms with Crippen molar-refractivity contribution in [2.45, 2.75) is 84.2 Å². The van der Waals surface area contributed by atoms with Crippen LogP contribution in [0.15, 0.2) is 11.6 Å². The van der Waals surface area contributed by atoms with E-state index in [1.807, 2.05) is 0 Å². The van der Waals surface area contributed by atoms with Gasteiger partial charge in [-0.25, -0.2) is 0 Å². The fraction of sp³-hybridized carbons (Fsp3) is 0.783. The summed E-state index contributed by atoms with van der Waals surface area (Å²) in [7, 11) is 0. The number of carbonyl (C=O) groups is 3. The van der Waals surface area contributed by atoms with Gasteiger partial charge in [0.05, 0.1) is 12.8 Å². The molecule has 6 atom stereocenters. The number of carboxylic acids is 1. The smallest absolute Gasteiger partial charge is 0.306 e.